The number of rotatable bonds is 4. The zero-order chi connectivity index (χ0) is 34.4. The molecule has 6 rings (SSSR count). The zero-order valence-corrected chi connectivity index (χ0v) is 25.5. The van der Waals surface area contributed by atoms with E-state index in [1.807, 2.05) is 0 Å². The van der Waals surface area contributed by atoms with Crippen LogP contribution in [0.5, 0.6) is 11.5 Å². The van der Waals surface area contributed by atoms with Crippen molar-refractivity contribution in [2.45, 2.75) is 12.4 Å². The summed E-state index contributed by atoms with van der Waals surface area (Å²) in [7, 11) is 5.56. The van der Waals surface area contributed by atoms with Crippen LogP contribution in [0.4, 0.5) is 38.2 Å². The fraction of sp³-hybridized carbons (Fsp3) is 0.214. The van der Waals surface area contributed by atoms with E-state index < -0.39 is 29.2 Å². The fourth-order valence-corrected chi connectivity index (χ4v) is 5.05. The minimum absolute atomic E-state index is 0.0424. The maximum atomic E-state index is 13.3. The summed E-state index contributed by atoms with van der Waals surface area (Å²) in [4.78, 5) is 15.8. The maximum Gasteiger partial charge on any atom is 0.420 e. The van der Waals surface area contributed by atoms with E-state index >= 15 is 0 Å². The molecular formula is C28H23ClF6N10O2. The first kappa shape index (κ1) is 33.0. The molecule has 4 heterocycles. The number of hydrogen-bond donors (Lipinski definition) is 2. The standard InChI is InChI=1S/C14H11ClF3N5O.C14H12F3N5O/c1-23-12-7(5-20-13(19)21-12)10(22-23)6-3-8(14(16,17)18)11(24-2)9(15)4-6;1-22-12-8(6-19-13(18)20-12)11(21-22)7-3-4-10(23-2)9(5-7)14(15,16)17/h3-5H,1-2H3,(H2,19,20,21);3-6H,1-2H3,(H2,18,19,20). The lowest BCUT2D eigenvalue weighted by Crippen LogP contribution is -2.08. The molecule has 19 heteroatoms. The lowest BCUT2D eigenvalue weighted by Gasteiger charge is -2.14. The molecule has 6 aromatic rings. The number of alkyl halides is 6. The van der Waals surface area contributed by atoms with E-state index in [1.54, 1.807) is 14.1 Å². The molecule has 0 fully saturated rings. The van der Waals surface area contributed by atoms with Crippen LogP contribution in [-0.4, -0.2) is 53.7 Å². The number of aromatic nitrogens is 8. The number of methoxy groups -OCH3 is 2. The Morgan fingerprint density at radius 1 is 0.702 bits per heavy atom. The van der Waals surface area contributed by atoms with Crippen molar-refractivity contribution in [3.8, 4) is 34.0 Å². The number of ether oxygens (including phenoxy) is 2. The third-order valence-corrected chi connectivity index (χ3v) is 7.08. The number of benzene rings is 2. The number of nitrogen functional groups attached to an aromatic ring is 2. The summed E-state index contributed by atoms with van der Waals surface area (Å²) in [6.45, 7) is 0. The van der Waals surface area contributed by atoms with Crippen molar-refractivity contribution in [2.75, 3.05) is 25.7 Å². The Hall–Kier alpha value is -5.39. The number of hydrogen-bond acceptors (Lipinski definition) is 10. The third-order valence-electron chi connectivity index (χ3n) is 6.80. The second-order valence-corrected chi connectivity index (χ2v) is 10.2. The van der Waals surface area contributed by atoms with Gasteiger partial charge in [0, 0.05) is 37.6 Å². The van der Waals surface area contributed by atoms with Crippen molar-refractivity contribution < 1.29 is 35.8 Å². The Kier molecular flexibility index (Phi) is 8.48. The van der Waals surface area contributed by atoms with Gasteiger partial charge in [-0.2, -0.15) is 46.5 Å². The van der Waals surface area contributed by atoms with Gasteiger partial charge in [-0.05, 0) is 30.3 Å². The summed E-state index contributed by atoms with van der Waals surface area (Å²) in [5.74, 6) is -0.575. The van der Waals surface area contributed by atoms with Gasteiger partial charge in [0.05, 0.1) is 41.1 Å². The van der Waals surface area contributed by atoms with Crippen LogP contribution in [-0.2, 0) is 26.4 Å². The third kappa shape index (κ3) is 6.35. The fourth-order valence-electron chi connectivity index (χ4n) is 4.75. The van der Waals surface area contributed by atoms with Gasteiger partial charge in [-0.1, -0.05) is 11.6 Å². The molecule has 0 saturated carbocycles. The first-order valence-electron chi connectivity index (χ1n) is 13.1. The van der Waals surface area contributed by atoms with Crippen LogP contribution in [0.2, 0.25) is 5.02 Å². The molecular weight excluding hydrogens is 658 g/mol. The first-order chi connectivity index (χ1) is 22.0. The van der Waals surface area contributed by atoms with E-state index in [1.165, 1.54) is 47.1 Å². The number of nitrogens with zero attached hydrogens (tertiary/aromatic N) is 8. The van der Waals surface area contributed by atoms with E-state index in [0.717, 1.165) is 19.2 Å². The SMILES string of the molecule is COc1c(Cl)cc(-c2nn(C)c3nc(N)ncc23)cc1C(F)(F)F.COc1ccc(-c2nn(C)c3nc(N)ncc23)cc1C(F)(F)F. The van der Waals surface area contributed by atoms with Gasteiger partial charge in [-0.15, -0.1) is 0 Å². The van der Waals surface area contributed by atoms with Gasteiger partial charge in [-0.25, -0.2) is 19.3 Å². The molecule has 0 aliphatic heterocycles. The summed E-state index contributed by atoms with van der Waals surface area (Å²) in [5.41, 5.74) is 11.1. The minimum Gasteiger partial charge on any atom is -0.496 e. The highest BCUT2D eigenvalue weighted by Crippen LogP contribution is 2.44. The van der Waals surface area contributed by atoms with Gasteiger partial charge in [0.15, 0.2) is 11.3 Å². The second kappa shape index (κ2) is 12.1. The highest BCUT2D eigenvalue weighted by Gasteiger charge is 2.37. The molecule has 246 valence electrons. The smallest absolute Gasteiger partial charge is 0.420 e. The van der Waals surface area contributed by atoms with Crippen molar-refractivity contribution in [1.29, 1.82) is 0 Å². The molecule has 0 amide bonds. The van der Waals surface area contributed by atoms with Crippen LogP contribution in [0.15, 0.2) is 42.7 Å². The molecule has 2 aromatic carbocycles. The number of anilines is 2. The molecule has 0 bridgehead atoms. The summed E-state index contributed by atoms with van der Waals surface area (Å²) in [6.07, 6.45) is -6.31. The molecule has 12 nitrogen and oxygen atoms in total. The molecule has 4 N–H and O–H groups in total. The summed E-state index contributed by atoms with van der Waals surface area (Å²) in [6, 6.07) is 6.05. The first-order valence-corrected chi connectivity index (χ1v) is 13.5. The largest absolute Gasteiger partial charge is 0.496 e. The lowest BCUT2D eigenvalue weighted by atomic mass is 10.0. The van der Waals surface area contributed by atoms with Crippen LogP contribution in [0.25, 0.3) is 44.6 Å². The van der Waals surface area contributed by atoms with E-state index in [2.05, 4.69) is 30.1 Å². The highest BCUT2D eigenvalue weighted by molar-refractivity contribution is 6.32. The monoisotopic (exact) mass is 680 g/mol. The number of aryl methyl sites for hydroxylation is 2. The van der Waals surface area contributed by atoms with Crippen LogP contribution in [0.1, 0.15) is 11.1 Å². The van der Waals surface area contributed by atoms with E-state index in [-0.39, 0.29) is 39.5 Å². The van der Waals surface area contributed by atoms with Gasteiger partial charge in [0.1, 0.15) is 22.9 Å². The van der Waals surface area contributed by atoms with Crippen molar-refractivity contribution in [2.24, 2.45) is 14.1 Å². The van der Waals surface area contributed by atoms with Gasteiger partial charge >= 0.3 is 12.4 Å². The normalized spacial score (nSPS) is 11.9. The molecule has 0 radical (unpaired) electrons. The Morgan fingerprint density at radius 2 is 1.19 bits per heavy atom. The Balaban J connectivity index is 0.000000185. The quantitative estimate of drug-likeness (QED) is 0.214. The Labute approximate surface area is 265 Å². The van der Waals surface area contributed by atoms with Gasteiger partial charge in [0.25, 0.3) is 0 Å². The lowest BCUT2D eigenvalue weighted by molar-refractivity contribution is -0.139. The summed E-state index contributed by atoms with van der Waals surface area (Å²) < 4.78 is 91.7. The second-order valence-electron chi connectivity index (χ2n) is 9.82. The summed E-state index contributed by atoms with van der Waals surface area (Å²) >= 11 is 5.96. The predicted octanol–water partition coefficient (Wildman–Crippen LogP) is 5.93. The average molecular weight is 681 g/mol. The number of nitrogens with two attached hydrogens (primary N) is 2. The molecule has 0 atom stereocenters. The Bertz CT molecular complexity index is 2130. The van der Waals surface area contributed by atoms with Crippen molar-refractivity contribution in [3.63, 3.8) is 0 Å². The molecule has 47 heavy (non-hydrogen) atoms. The zero-order valence-electron chi connectivity index (χ0n) is 24.7. The van der Waals surface area contributed by atoms with Crippen molar-refractivity contribution >= 4 is 45.6 Å². The number of halogens is 7. The molecule has 0 aliphatic rings. The van der Waals surface area contributed by atoms with Crippen LogP contribution < -0.4 is 20.9 Å². The summed E-state index contributed by atoms with van der Waals surface area (Å²) in [5, 5.41) is 9.25. The molecule has 0 spiro atoms. The van der Waals surface area contributed by atoms with Crippen LogP contribution in [0.3, 0.4) is 0 Å². The molecule has 0 aliphatic carbocycles. The van der Waals surface area contributed by atoms with Crippen LogP contribution in [0, 0.1) is 0 Å². The Morgan fingerprint density at radius 3 is 1.66 bits per heavy atom. The topological polar surface area (TPSA) is 158 Å². The highest BCUT2D eigenvalue weighted by atomic mass is 35.5. The minimum atomic E-state index is -4.63. The molecule has 0 saturated heterocycles. The molecule has 4 aromatic heterocycles. The van der Waals surface area contributed by atoms with Gasteiger partial charge < -0.3 is 20.9 Å². The molecule has 0 unspecified atom stereocenters. The average Bonchev–Trinajstić information content (AvgIpc) is 3.51. The van der Waals surface area contributed by atoms with E-state index in [0.29, 0.717) is 27.8 Å². The van der Waals surface area contributed by atoms with Crippen LogP contribution >= 0.6 is 11.6 Å². The van der Waals surface area contributed by atoms with E-state index in [9.17, 15) is 26.3 Å². The van der Waals surface area contributed by atoms with Gasteiger partial charge in [0.2, 0.25) is 11.9 Å². The van der Waals surface area contributed by atoms with Crippen molar-refractivity contribution in [1.82, 2.24) is 39.5 Å². The number of fused-ring (bicyclic) bond motifs is 2. The predicted molar refractivity (Wildman–Crippen MR) is 160 cm³/mol. The van der Waals surface area contributed by atoms with Crippen molar-refractivity contribution in [3.05, 3.63) is 58.9 Å². The van der Waals surface area contributed by atoms with Gasteiger partial charge in [-0.3, -0.25) is 0 Å². The van der Waals surface area contributed by atoms with E-state index in [4.69, 9.17) is 32.5 Å². The maximum absolute atomic E-state index is 13.3.